The molecule has 1 aliphatic heterocycles. The van der Waals surface area contributed by atoms with Crippen LogP contribution >= 0.6 is 0 Å². The van der Waals surface area contributed by atoms with E-state index in [4.69, 9.17) is 0 Å². The Morgan fingerprint density at radius 1 is 1.00 bits per heavy atom. The number of rotatable bonds is 6. The number of carbonyl (C=O) groups is 1. The normalized spacial score (nSPS) is 15.7. The van der Waals surface area contributed by atoms with Crippen molar-refractivity contribution >= 4 is 11.6 Å². The molecule has 0 saturated carbocycles. The molecule has 1 fully saturated rings. The fraction of sp³-hybridized carbons (Fsp3) is 0.458. The second-order valence-electron chi connectivity index (χ2n) is 7.68. The second kappa shape index (κ2) is 9.18. The van der Waals surface area contributed by atoms with Crippen LogP contribution in [0.25, 0.3) is 0 Å². The molecular formula is C24H32N2O. The Bertz CT molecular complexity index is 736. The molecule has 3 nitrogen and oxygen atoms in total. The minimum Gasteiger partial charge on any atom is -0.325 e. The van der Waals surface area contributed by atoms with Crippen LogP contribution in [0.2, 0.25) is 0 Å². The van der Waals surface area contributed by atoms with Gasteiger partial charge in [0.2, 0.25) is 5.91 Å². The first kappa shape index (κ1) is 19.6. The predicted molar refractivity (Wildman–Crippen MR) is 113 cm³/mol. The van der Waals surface area contributed by atoms with Gasteiger partial charge in [0.25, 0.3) is 0 Å². The highest BCUT2D eigenvalue weighted by Crippen LogP contribution is 2.26. The van der Waals surface area contributed by atoms with Crippen molar-refractivity contribution in [2.75, 3.05) is 18.4 Å². The van der Waals surface area contributed by atoms with E-state index < -0.39 is 0 Å². The van der Waals surface area contributed by atoms with Gasteiger partial charge in [-0.25, -0.2) is 0 Å². The van der Waals surface area contributed by atoms with Crippen LogP contribution < -0.4 is 5.32 Å². The fourth-order valence-electron chi connectivity index (χ4n) is 3.93. The van der Waals surface area contributed by atoms with Crippen LogP contribution in [0.15, 0.2) is 42.5 Å². The molecule has 2 aromatic carbocycles. The highest BCUT2D eigenvalue weighted by Gasteiger charge is 2.25. The average Bonchev–Trinajstić information content (AvgIpc) is 2.70. The summed E-state index contributed by atoms with van der Waals surface area (Å²) in [7, 11) is 0. The monoisotopic (exact) mass is 364 g/mol. The summed E-state index contributed by atoms with van der Waals surface area (Å²) in [5.41, 5.74) is 6.18. The molecule has 3 rings (SSSR count). The summed E-state index contributed by atoms with van der Waals surface area (Å²) in [6.45, 7) is 9.37. The van der Waals surface area contributed by atoms with Gasteiger partial charge in [-0.15, -0.1) is 0 Å². The molecule has 1 aliphatic rings. The number of nitrogens with zero attached hydrogens (tertiary/aromatic N) is 1. The Kier molecular flexibility index (Phi) is 6.68. The lowest BCUT2D eigenvalue weighted by Gasteiger charge is -2.31. The number of hydrogen-bond acceptors (Lipinski definition) is 2. The molecule has 0 spiro atoms. The maximum absolute atomic E-state index is 12.9. The van der Waals surface area contributed by atoms with Crippen molar-refractivity contribution in [2.24, 2.45) is 5.92 Å². The molecule has 3 heteroatoms. The van der Waals surface area contributed by atoms with Crippen molar-refractivity contribution in [3.8, 4) is 0 Å². The Morgan fingerprint density at radius 3 is 2.15 bits per heavy atom. The number of amides is 1. The van der Waals surface area contributed by atoms with Gasteiger partial charge in [0.15, 0.2) is 0 Å². The number of para-hydroxylation sites is 1. The van der Waals surface area contributed by atoms with Crippen LogP contribution in [0.5, 0.6) is 0 Å². The molecule has 0 radical (unpaired) electrons. The molecule has 144 valence electrons. The quantitative estimate of drug-likeness (QED) is 0.785. The van der Waals surface area contributed by atoms with Crippen molar-refractivity contribution in [3.05, 3.63) is 64.7 Å². The zero-order valence-electron chi connectivity index (χ0n) is 16.9. The van der Waals surface area contributed by atoms with E-state index in [9.17, 15) is 4.79 Å². The zero-order valence-corrected chi connectivity index (χ0v) is 16.9. The van der Waals surface area contributed by atoms with Crippen molar-refractivity contribution in [2.45, 2.75) is 53.0 Å². The maximum atomic E-state index is 12.9. The van der Waals surface area contributed by atoms with Crippen LogP contribution in [-0.2, 0) is 24.2 Å². The topological polar surface area (TPSA) is 32.3 Å². The number of hydrogen-bond donors (Lipinski definition) is 1. The summed E-state index contributed by atoms with van der Waals surface area (Å²) >= 11 is 0. The van der Waals surface area contributed by atoms with E-state index in [1.54, 1.807) is 0 Å². The van der Waals surface area contributed by atoms with Gasteiger partial charge in [-0.3, -0.25) is 9.69 Å². The van der Waals surface area contributed by atoms with Gasteiger partial charge < -0.3 is 5.32 Å². The molecule has 0 bridgehead atoms. The lowest BCUT2D eigenvalue weighted by Crippen LogP contribution is -2.38. The number of aryl methyl sites for hydroxylation is 3. The van der Waals surface area contributed by atoms with E-state index in [0.29, 0.717) is 0 Å². The number of nitrogens with one attached hydrogen (secondary N) is 1. The molecule has 0 aromatic heterocycles. The van der Waals surface area contributed by atoms with E-state index in [0.717, 1.165) is 51.0 Å². The number of anilines is 1. The summed E-state index contributed by atoms with van der Waals surface area (Å²) in [4.78, 5) is 15.3. The largest absolute Gasteiger partial charge is 0.325 e. The Hall–Kier alpha value is -2.13. The van der Waals surface area contributed by atoms with E-state index in [2.05, 4.69) is 73.5 Å². The number of piperidine rings is 1. The van der Waals surface area contributed by atoms with E-state index >= 15 is 0 Å². The molecule has 2 aromatic rings. The third-order valence-corrected chi connectivity index (χ3v) is 5.73. The number of likely N-dealkylation sites (tertiary alicyclic amines) is 1. The molecular weight excluding hydrogens is 332 g/mol. The summed E-state index contributed by atoms with van der Waals surface area (Å²) in [6, 6.07) is 15.1. The zero-order chi connectivity index (χ0) is 19.2. The maximum Gasteiger partial charge on any atom is 0.227 e. The lowest BCUT2D eigenvalue weighted by molar-refractivity contribution is -0.121. The van der Waals surface area contributed by atoms with Crippen molar-refractivity contribution < 1.29 is 4.79 Å². The van der Waals surface area contributed by atoms with E-state index in [1.807, 2.05) is 0 Å². The van der Waals surface area contributed by atoms with Crippen molar-refractivity contribution in [1.29, 1.82) is 0 Å². The van der Waals surface area contributed by atoms with Gasteiger partial charge in [-0.2, -0.15) is 0 Å². The molecule has 0 atom stereocenters. The molecule has 1 heterocycles. The molecule has 1 N–H and O–H groups in total. The highest BCUT2D eigenvalue weighted by atomic mass is 16.1. The summed E-state index contributed by atoms with van der Waals surface area (Å²) < 4.78 is 0. The second-order valence-corrected chi connectivity index (χ2v) is 7.68. The number of carbonyl (C=O) groups excluding carboxylic acids is 1. The van der Waals surface area contributed by atoms with E-state index in [-0.39, 0.29) is 11.8 Å². The van der Waals surface area contributed by atoms with E-state index in [1.165, 1.54) is 22.3 Å². The van der Waals surface area contributed by atoms with Gasteiger partial charge in [-0.05, 0) is 62.4 Å². The average molecular weight is 365 g/mol. The Labute approximate surface area is 163 Å². The third-order valence-electron chi connectivity index (χ3n) is 5.73. The molecule has 0 unspecified atom stereocenters. The van der Waals surface area contributed by atoms with Gasteiger partial charge in [0.1, 0.15) is 0 Å². The summed E-state index contributed by atoms with van der Waals surface area (Å²) in [5, 5.41) is 3.26. The van der Waals surface area contributed by atoms with Gasteiger partial charge in [0.05, 0.1) is 0 Å². The first-order valence-corrected chi connectivity index (χ1v) is 10.3. The molecule has 0 aliphatic carbocycles. The smallest absolute Gasteiger partial charge is 0.227 e. The van der Waals surface area contributed by atoms with Gasteiger partial charge in [-0.1, -0.05) is 61.9 Å². The van der Waals surface area contributed by atoms with Crippen LogP contribution in [0, 0.1) is 12.8 Å². The standard InChI is InChI=1S/C24H32N2O/c1-4-20-7-6-8-21(5-2)23(20)25-24(27)22-13-15-26(16-14-22)17-19-11-9-18(3)10-12-19/h6-12,22H,4-5,13-17H2,1-3H3,(H,25,27). The minimum absolute atomic E-state index is 0.119. The third kappa shape index (κ3) is 4.98. The van der Waals surface area contributed by atoms with Crippen molar-refractivity contribution in [1.82, 2.24) is 4.90 Å². The van der Waals surface area contributed by atoms with Gasteiger partial charge in [0, 0.05) is 18.2 Å². The Balaban J connectivity index is 1.57. The van der Waals surface area contributed by atoms with Crippen molar-refractivity contribution in [3.63, 3.8) is 0 Å². The first-order chi connectivity index (χ1) is 13.1. The highest BCUT2D eigenvalue weighted by molar-refractivity contribution is 5.94. The van der Waals surface area contributed by atoms with Crippen LogP contribution in [-0.4, -0.2) is 23.9 Å². The molecule has 27 heavy (non-hydrogen) atoms. The Morgan fingerprint density at radius 2 is 1.59 bits per heavy atom. The SMILES string of the molecule is CCc1cccc(CC)c1NC(=O)C1CCN(Cc2ccc(C)cc2)CC1. The first-order valence-electron chi connectivity index (χ1n) is 10.3. The lowest BCUT2D eigenvalue weighted by atomic mass is 9.94. The van der Waals surface area contributed by atoms with Gasteiger partial charge >= 0.3 is 0 Å². The molecule has 1 amide bonds. The summed E-state index contributed by atoms with van der Waals surface area (Å²) in [5.74, 6) is 0.314. The predicted octanol–water partition coefficient (Wildman–Crippen LogP) is 4.97. The van der Waals surface area contributed by atoms with Crippen LogP contribution in [0.1, 0.15) is 48.9 Å². The van der Waals surface area contributed by atoms with Crippen LogP contribution in [0.3, 0.4) is 0 Å². The summed E-state index contributed by atoms with van der Waals surface area (Å²) in [6.07, 6.45) is 3.76. The fourth-order valence-corrected chi connectivity index (χ4v) is 3.93. The number of benzene rings is 2. The molecule has 1 saturated heterocycles. The van der Waals surface area contributed by atoms with Crippen LogP contribution in [0.4, 0.5) is 5.69 Å². The minimum atomic E-state index is 0.119.